The van der Waals surface area contributed by atoms with E-state index in [0.717, 1.165) is 35.6 Å². The average Bonchev–Trinajstić information content (AvgIpc) is 2.94. The number of fused-ring (bicyclic) bond motifs is 1. The molecule has 23 heavy (non-hydrogen) atoms. The van der Waals surface area contributed by atoms with Crippen molar-refractivity contribution in [1.82, 2.24) is 24.6 Å². The topological polar surface area (TPSA) is 58.9 Å². The van der Waals surface area contributed by atoms with E-state index in [1.807, 2.05) is 10.9 Å². The zero-order valence-electron chi connectivity index (χ0n) is 14.0. The molecule has 1 aromatic carbocycles. The Labute approximate surface area is 136 Å². The fraction of sp³-hybridized carbons (Fsp3) is 0.353. The molecule has 0 unspecified atom stereocenters. The molecule has 0 radical (unpaired) electrons. The van der Waals surface area contributed by atoms with E-state index in [-0.39, 0.29) is 0 Å². The second-order valence-electron chi connectivity index (χ2n) is 6.01. The molecule has 2 aromatic heterocycles. The molecule has 120 valence electrons. The number of aromatic nitrogens is 4. The SMILES string of the molecule is Cc1ccc(-n2ncc3c(NCCN(C)C)ncnc32)cc1C. The van der Waals surface area contributed by atoms with Gasteiger partial charge in [-0.1, -0.05) is 6.07 Å². The molecule has 0 aliphatic rings. The van der Waals surface area contributed by atoms with Crippen LogP contribution in [0.2, 0.25) is 0 Å². The molecule has 1 N–H and O–H groups in total. The third-order valence-electron chi connectivity index (χ3n) is 3.95. The summed E-state index contributed by atoms with van der Waals surface area (Å²) >= 11 is 0. The maximum absolute atomic E-state index is 4.50. The Morgan fingerprint density at radius 1 is 1.13 bits per heavy atom. The highest BCUT2D eigenvalue weighted by Crippen LogP contribution is 2.22. The maximum Gasteiger partial charge on any atom is 0.168 e. The largest absolute Gasteiger partial charge is 0.368 e. The predicted octanol–water partition coefficient (Wildman–Crippen LogP) is 2.41. The lowest BCUT2D eigenvalue weighted by molar-refractivity contribution is 0.425. The van der Waals surface area contributed by atoms with Gasteiger partial charge in [0, 0.05) is 13.1 Å². The zero-order chi connectivity index (χ0) is 16.4. The average molecular weight is 310 g/mol. The Morgan fingerprint density at radius 3 is 2.70 bits per heavy atom. The summed E-state index contributed by atoms with van der Waals surface area (Å²) in [5, 5.41) is 8.80. The van der Waals surface area contributed by atoms with Gasteiger partial charge in [-0.15, -0.1) is 0 Å². The highest BCUT2D eigenvalue weighted by molar-refractivity contribution is 5.87. The van der Waals surface area contributed by atoms with Crippen LogP contribution in [0.25, 0.3) is 16.7 Å². The molecule has 0 bridgehead atoms. The van der Waals surface area contributed by atoms with Crippen molar-refractivity contribution >= 4 is 16.9 Å². The summed E-state index contributed by atoms with van der Waals surface area (Å²) in [7, 11) is 4.10. The number of hydrogen-bond donors (Lipinski definition) is 1. The first-order valence-corrected chi connectivity index (χ1v) is 7.71. The predicted molar refractivity (Wildman–Crippen MR) is 93.2 cm³/mol. The summed E-state index contributed by atoms with van der Waals surface area (Å²) in [4.78, 5) is 10.9. The lowest BCUT2D eigenvalue weighted by Crippen LogP contribution is -2.21. The van der Waals surface area contributed by atoms with E-state index in [1.165, 1.54) is 11.1 Å². The van der Waals surface area contributed by atoms with Crippen LogP contribution in [0.1, 0.15) is 11.1 Å². The second-order valence-corrected chi connectivity index (χ2v) is 6.01. The van der Waals surface area contributed by atoms with E-state index >= 15 is 0 Å². The lowest BCUT2D eigenvalue weighted by atomic mass is 10.1. The quantitative estimate of drug-likeness (QED) is 0.784. The summed E-state index contributed by atoms with van der Waals surface area (Å²) in [5.41, 5.74) is 4.34. The van der Waals surface area contributed by atoms with E-state index in [0.29, 0.717) is 0 Å². The van der Waals surface area contributed by atoms with Crippen LogP contribution in [-0.2, 0) is 0 Å². The Balaban J connectivity index is 1.96. The van der Waals surface area contributed by atoms with Crippen molar-refractivity contribution in [3.63, 3.8) is 0 Å². The highest BCUT2D eigenvalue weighted by atomic mass is 15.3. The molecule has 2 heterocycles. The molecule has 0 saturated carbocycles. The molecule has 0 atom stereocenters. The van der Waals surface area contributed by atoms with Gasteiger partial charge in [0.05, 0.1) is 17.3 Å². The number of rotatable bonds is 5. The monoisotopic (exact) mass is 310 g/mol. The van der Waals surface area contributed by atoms with Gasteiger partial charge < -0.3 is 10.2 Å². The molecule has 0 fully saturated rings. The van der Waals surface area contributed by atoms with E-state index in [9.17, 15) is 0 Å². The van der Waals surface area contributed by atoms with Gasteiger partial charge in [0.1, 0.15) is 12.1 Å². The van der Waals surface area contributed by atoms with Gasteiger partial charge in [-0.2, -0.15) is 5.10 Å². The minimum atomic E-state index is 0.815. The van der Waals surface area contributed by atoms with Crippen LogP contribution >= 0.6 is 0 Å². The molecular formula is C17H22N6. The molecule has 6 heteroatoms. The highest BCUT2D eigenvalue weighted by Gasteiger charge is 2.11. The number of benzene rings is 1. The first-order chi connectivity index (χ1) is 11.1. The van der Waals surface area contributed by atoms with Crippen molar-refractivity contribution in [3.05, 3.63) is 41.9 Å². The number of aryl methyl sites for hydroxylation is 2. The Morgan fingerprint density at radius 2 is 1.96 bits per heavy atom. The van der Waals surface area contributed by atoms with Gasteiger partial charge in [-0.3, -0.25) is 0 Å². The third-order valence-corrected chi connectivity index (χ3v) is 3.95. The molecule has 0 amide bonds. The molecular weight excluding hydrogens is 288 g/mol. The summed E-state index contributed by atoms with van der Waals surface area (Å²) in [6.45, 7) is 5.98. The fourth-order valence-corrected chi connectivity index (χ4v) is 2.43. The summed E-state index contributed by atoms with van der Waals surface area (Å²) in [6, 6.07) is 6.30. The Kier molecular flexibility index (Phi) is 4.25. The van der Waals surface area contributed by atoms with Crippen LogP contribution < -0.4 is 5.32 Å². The van der Waals surface area contributed by atoms with E-state index < -0.39 is 0 Å². The van der Waals surface area contributed by atoms with Gasteiger partial charge in [0.15, 0.2) is 5.65 Å². The van der Waals surface area contributed by atoms with Gasteiger partial charge in [0.2, 0.25) is 0 Å². The molecule has 6 nitrogen and oxygen atoms in total. The van der Waals surface area contributed by atoms with Crippen molar-refractivity contribution in [3.8, 4) is 5.69 Å². The molecule has 0 spiro atoms. The van der Waals surface area contributed by atoms with Gasteiger partial charge in [-0.25, -0.2) is 14.6 Å². The van der Waals surface area contributed by atoms with Crippen molar-refractivity contribution in [1.29, 1.82) is 0 Å². The normalized spacial score (nSPS) is 11.3. The Hall–Kier alpha value is -2.47. The third kappa shape index (κ3) is 3.17. The number of nitrogens with zero attached hydrogens (tertiary/aromatic N) is 5. The van der Waals surface area contributed by atoms with Crippen molar-refractivity contribution in [2.75, 3.05) is 32.5 Å². The minimum absolute atomic E-state index is 0.815. The van der Waals surface area contributed by atoms with Crippen LogP contribution in [0.5, 0.6) is 0 Å². The van der Waals surface area contributed by atoms with Gasteiger partial charge in [-0.05, 0) is 51.2 Å². The molecule has 0 aliphatic carbocycles. The number of nitrogens with one attached hydrogen (secondary N) is 1. The lowest BCUT2D eigenvalue weighted by Gasteiger charge is -2.11. The Bertz CT molecular complexity index is 821. The van der Waals surface area contributed by atoms with Crippen molar-refractivity contribution in [2.24, 2.45) is 0 Å². The molecule has 3 rings (SSSR count). The summed E-state index contributed by atoms with van der Waals surface area (Å²) in [6.07, 6.45) is 3.40. The number of hydrogen-bond acceptors (Lipinski definition) is 5. The second kappa shape index (κ2) is 6.34. The van der Waals surface area contributed by atoms with Crippen molar-refractivity contribution in [2.45, 2.75) is 13.8 Å². The molecule has 0 saturated heterocycles. The molecule has 0 aliphatic heterocycles. The smallest absolute Gasteiger partial charge is 0.168 e. The standard InChI is InChI=1S/C17H22N6/c1-12-5-6-14(9-13(12)2)23-17-15(10-21-23)16(19-11-20-17)18-7-8-22(3)4/h5-6,9-11H,7-8H2,1-4H3,(H,18,19,20). The van der Waals surface area contributed by atoms with Crippen LogP contribution in [-0.4, -0.2) is 51.8 Å². The minimum Gasteiger partial charge on any atom is -0.368 e. The maximum atomic E-state index is 4.50. The van der Waals surface area contributed by atoms with E-state index in [2.05, 4.69) is 71.4 Å². The van der Waals surface area contributed by atoms with Crippen LogP contribution in [0, 0.1) is 13.8 Å². The van der Waals surface area contributed by atoms with Crippen molar-refractivity contribution < 1.29 is 0 Å². The number of anilines is 1. The van der Waals surface area contributed by atoms with Gasteiger partial charge >= 0.3 is 0 Å². The fourth-order valence-electron chi connectivity index (χ4n) is 2.43. The van der Waals surface area contributed by atoms with Crippen LogP contribution in [0.3, 0.4) is 0 Å². The summed E-state index contributed by atoms with van der Waals surface area (Å²) < 4.78 is 1.86. The summed E-state index contributed by atoms with van der Waals surface area (Å²) in [5.74, 6) is 0.826. The van der Waals surface area contributed by atoms with Crippen LogP contribution in [0.15, 0.2) is 30.7 Å². The first kappa shape index (κ1) is 15.4. The van der Waals surface area contributed by atoms with Gasteiger partial charge in [0.25, 0.3) is 0 Å². The number of likely N-dealkylation sites (N-methyl/N-ethyl adjacent to an activating group) is 1. The zero-order valence-corrected chi connectivity index (χ0v) is 14.0. The van der Waals surface area contributed by atoms with Crippen LogP contribution in [0.4, 0.5) is 5.82 Å². The van der Waals surface area contributed by atoms with E-state index in [1.54, 1.807) is 6.33 Å². The van der Waals surface area contributed by atoms with E-state index in [4.69, 9.17) is 0 Å². The molecule has 3 aromatic rings. The first-order valence-electron chi connectivity index (χ1n) is 7.71.